The van der Waals surface area contributed by atoms with E-state index in [-0.39, 0.29) is 12.1 Å². The monoisotopic (exact) mass is 310 g/mol. The van der Waals surface area contributed by atoms with E-state index in [4.69, 9.17) is 4.74 Å². The summed E-state index contributed by atoms with van der Waals surface area (Å²) < 4.78 is 5.62. The van der Waals surface area contributed by atoms with Crippen LogP contribution in [0.2, 0.25) is 0 Å². The van der Waals surface area contributed by atoms with Crippen molar-refractivity contribution < 1.29 is 9.53 Å². The molecule has 4 nitrogen and oxygen atoms in total. The van der Waals surface area contributed by atoms with Gasteiger partial charge in [-0.1, -0.05) is 48.5 Å². The number of benzene rings is 2. The van der Waals surface area contributed by atoms with Crippen LogP contribution in [0.4, 0.5) is 10.5 Å². The van der Waals surface area contributed by atoms with E-state index >= 15 is 0 Å². The number of anilines is 1. The number of ether oxygens (including phenoxy) is 1. The normalized spacial score (nSPS) is 17.8. The van der Waals surface area contributed by atoms with Gasteiger partial charge in [0, 0.05) is 18.8 Å². The fraction of sp³-hybridized carbons (Fsp3) is 0.316. The Kier molecular flexibility index (Phi) is 4.93. The van der Waals surface area contributed by atoms with Crippen LogP contribution in [-0.4, -0.2) is 37.2 Å². The average molecular weight is 310 g/mol. The molecule has 1 atom stereocenters. The van der Waals surface area contributed by atoms with Crippen molar-refractivity contribution in [3.63, 3.8) is 0 Å². The van der Waals surface area contributed by atoms with Crippen LogP contribution in [0.15, 0.2) is 60.7 Å². The lowest BCUT2D eigenvalue weighted by molar-refractivity contribution is 0.0133. The van der Waals surface area contributed by atoms with Crippen LogP contribution in [0.25, 0.3) is 0 Å². The lowest BCUT2D eigenvalue weighted by atomic mass is 10.1. The molecule has 23 heavy (non-hydrogen) atoms. The van der Waals surface area contributed by atoms with Crippen molar-refractivity contribution in [2.45, 2.75) is 13.0 Å². The number of hydrogen-bond acceptors (Lipinski definition) is 2. The summed E-state index contributed by atoms with van der Waals surface area (Å²) in [6.45, 7) is 4.38. The molecule has 0 spiro atoms. The molecule has 0 saturated carbocycles. The predicted octanol–water partition coefficient (Wildman–Crippen LogP) is 3.71. The molecule has 1 aliphatic rings. The summed E-state index contributed by atoms with van der Waals surface area (Å²) in [7, 11) is 0. The highest BCUT2D eigenvalue weighted by atomic mass is 16.5. The van der Waals surface area contributed by atoms with Crippen LogP contribution in [0.3, 0.4) is 0 Å². The summed E-state index contributed by atoms with van der Waals surface area (Å²) in [4.78, 5) is 16.9. The van der Waals surface area contributed by atoms with Gasteiger partial charge in [0.25, 0.3) is 0 Å². The van der Waals surface area contributed by atoms with Crippen molar-refractivity contribution >= 4 is 11.7 Å². The zero-order valence-electron chi connectivity index (χ0n) is 13.4. The second kappa shape index (κ2) is 7.29. The second-order valence-electron chi connectivity index (χ2n) is 5.56. The molecule has 0 aliphatic carbocycles. The maximum absolute atomic E-state index is 13.1. The minimum Gasteiger partial charge on any atom is -0.377 e. The Bertz CT molecular complexity index is 630. The van der Waals surface area contributed by atoms with E-state index in [0.717, 1.165) is 11.3 Å². The topological polar surface area (TPSA) is 32.8 Å². The minimum atomic E-state index is -0.0322. The van der Waals surface area contributed by atoms with Gasteiger partial charge in [-0.05, 0) is 24.6 Å². The number of carbonyl (C=O) groups is 1. The summed E-state index contributed by atoms with van der Waals surface area (Å²) in [5, 5.41) is 0. The van der Waals surface area contributed by atoms with Crippen LogP contribution < -0.4 is 4.90 Å². The molecule has 0 aromatic heterocycles. The van der Waals surface area contributed by atoms with E-state index in [9.17, 15) is 4.79 Å². The molecule has 120 valence electrons. The van der Waals surface area contributed by atoms with E-state index in [2.05, 4.69) is 12.1 Å². The summed E-state index contributed by atoms with van der Waals surface area (Å²) in [6.07, 6.45) is 0. The van der Waals surface area contributed by atoms with Gasteiger partial charge in [-0.15, -0.1) is 0 Å². The molecule has 2 aromatic rings. The Hall–Kier alpha value is -2.33. The van der Waals surface area contributed by atoms with E-state index in [1.54, 1.807) is 0 Å². The van der Waals surface area contributed by atoms with Crippen molar-refractivity contribution in [3.05, 3.63) is 66.2 Å². The van der Waals surface area contributed by atoms with E-state index < -0.39 is 0 Å². The highest BCUT2D eigenvalue weighted by Crippen LogP contribution is 2.26. The summed E-state index contributed by atoms with van der Waals surface area (Å²) >= 11 is 0. The van der Waals surface area contributed by atoms with E-state index in [0.29, 0.717) is 26.3 Å². The molecule has 1 heterocycles. The first-order valence-electron chi connectivity index (χ1n) is 8.07. The largest absolute Gasteiger partial charge is 0.377 e. The van der Waals surface area contributed by atoms with Gasteiger partial charge in [0.05, 0.1) is 19.3 Å². The molecule has 0 N–H and O–H groups in total. The molecule has 0 bridgehead atoms. The Labute approximate surface area is 137 Å². The van der Waals surface area contributed by atoms with Gasteiger partial charge in [-0.2, -0.15) is 0 Å². The number of amides is 2. The van der Waals surface area contributed by atoms with Crippen molar-refractivity contribution in [1.29, 1.82) is 0 Å². The average Bonchev–Trinajstić information content (AvgIpc) is 2.64. The Morgan fingerprint density at radius 2 is 1.78 bits per heavy atom. The zero-order chi connectivity index (χ0) is 16.1. The quantitative estimate of drug-likeness (QED) is 0.866. The first kappa shape index (κ1) is 15.6. The number of rotatable bonds is 3. The molecular weight excluding hydrogens is 288 g/mol. The SMILES string of the molecule is CCN(C(=O)N1CCOCC1c1ccccc1)c1ccccc1. The summed E-state index contributed by atoms with van der Waals surface area (Å²) in [6, 6.07) is 19.9. The lowest BCUT2D eigenvalue weighted by Gasteiger charge is -2.39. The molecule has 1 fully saturated rings. The molecule has 2 aromatic carbocycles. The number of nitrogens with zero attached hydrogens (tertiary/aromatic N) is 2. The number of carbonyl (C=O) groups excluding carboxylic acids is 1. The maximum atomic E-state index is 13.1. The highest BCUT2D eigenvalue weighted by molar-refractivity contribution is 5.92. The number of morpholine rings is 1. The number of hydrogen-bond donors (Lipinski definition) is 0. The van der Waals surface area contributed by atoms with Crippen LogP contribution in [0.5, 0.6) is 0 Å². The summed E-state index contributed by atoms with van der Waals surface area (Å²) in [5.74, 6) is 0. The highest BCUT2D eigenvalue weighted by Gasteiger charge is 2.31. The van der Waals surface area contributed by atoms with Gasteiger partial charge in [0.15, 0.2) is 0 Å². The van der Waals surface area contributed by atoms with E-state index in [1.807, 2.05) is 65.3 Å². The van der Waals surface area contributed by atoms with Gasteiger partial charge in [0.1, 0.15) is 0 Å². The first-order valence-corrected chi connectivity index (χ1v) is 8.07. The third kappa shape index (κ3) is 3.37. The Morgan fingerprint density at radius 3 is 2.43 bits per heavy atom. The van der Waals surface area contributed by atoms with Crippen LogP contribution in [0, 0.1) is 0 Å². The fourth-order valence-corrected chi connectivity index (χ4v) is 2.98. The standard InChI is InChI=1S/C19H22N2O2/c1-2-20(17-11-7-4-8-12-17)19(22)21-13-14-23-15-18(21)16-9-5-3-6-10-16/h3-12,18H,2,13-15H2,1H3. The first-order chi connectivity index (χ1) is 11.3. The molecule has 3 rings (SSSR count). The van der Waals surface area contributed by atoms with Gasteiger partial charge < -0.3 is 9.64 Å². The second-order valence-corrected chi connectivity index (χ2v) is 5.56. The van der Waals surface area contributed by atoms with Gasteiger partial charge >= 0.3 is 6.03 Å². The summed E-state index contributed by atoms with van der Waals surface area (Å²) in [5.41, 5.74) is 2.04. The van der Waals surface area contributed by atoms with Crippen molar-refractivity contribution in [2.75, 3.05) is 31.2 Å². The fourth-order valence-electron chi connectivity index (χ4n) is 2.98. The molecular formula is C19H22N2O2. The van der Waals surface area contributed by atoms with Crippen molar-refractivity contribution in [1.82, 2.24) is 4.90 Å². The molecule has 4 heteroatoms. The Morgan fingerprint density at radius 1 is 1.13 bits per heavy atom. The molecule has 2 amide bonds. The minimum absolute atomic E-state index is 0.0322. The van der Waals surface area contributed by atoms with Crippen LogP contribution in [-0.2, 0) is 4.74 Å². The van der Waals surface area contributed by atoms with Gasteiger partial charge in [-0.25, -0.2) is 4.79 Å². The smallest absolute Gasteiger partial charge is 0.325 e. The molecule has 1 unspecified atom stereocenters. The molecule has 1 saturated heterocycles. The van der Waals surface area contributed by atoms with Crippen molar-refractivity contribution in [2.24, 2.45) is 0 Å². The molecule has 0 radical (unpaired) electrons. The van der Waals surface area contributed by atoms with E-state index in [1.165, 1.54) is 0 Å². The third-order valence-corrected chi connectivity index (χ3v) is 4.17. The van der Waals surface area contributed by atoms with Crippen molar-refractivity contribution in [3.8, 4) is 0 Å². The predicted molar refractivity (Wildman–Crippen MR) is 91.6 cm³/mol. The number of para-hydroxylation sites is 1. The molecule has 1 aliphatic heterocycles. The third-order valence-electron chi connectivity index (χ3n) is 4.17. The Balaban J connectivity index is 1.86. The zero-order valence-corrected chi connectivity index (χ0v) is 13.4. The van der Waals surface area contributed by atoms with Crippen LogP contribution >= 0.6 is 0 Å². The lowest BCUT2D eigenvalue weighted by Crippen LogP contribution is -2.50. The van der Waals surface area contributed by atoms with Gasteiger partial charge in [-0.3, -0.25) is 4.90 Å². The van der Waals surface area contributed by atoms with Gasteiger partial charge in [0.2, 0.25) is 0 Å². The maximum Gasteiger partial charge on any atom is 0.325 e. The number of urea groups is 1. The van der Waals surface area contributed by atoms with Crippen LogP contribution in [0.1, 0.15) is 18.5 Å².